The van der Waals surface area contributed by atoms with Gasteiger partial charge in [-0.3, -0.25) is 9.59 Å². The number of piperidine rings is 1. The van der Waals surface area contributed by atoms with Crippen LogP contribution < -0.4 is 0 Å². The lowest BCUT2D eigenvalue weighted by atomic mass is 9.93. The molecule has 1 fully saturated rings. The number of halogens is 2. The number of hydrogen-bond acceptors (Lipinski definition) is 2. The largest absolute Gasteiger partial charge is 0.339 e. The molecular formula is C30H30F2N2O2. The van der Waals surface area contributed by atoms with Crippen LogP contribution in [0.1, 0.15) is 57.9 Å². The Morgan fingerprint density at radius 2 is 1.67 bits per heavy atom. The molecule has 186 valence electrons. The first-order valence-corrected chi connectivity index (χ1v) is 12.6. The summed E-state index contributed by atoms with van der Waals surface area (Å²) >= 11 is 0. The quantitative estimate of drug-likeness (QED) is 0.453. The molecule has 4 nitrogen and oxygen atoms in total. The van der Waals surface area contributed by atoms with Crippen LogP contribution in [0.4, 0.5) is 8.78 Å². The average Bonchev–Trinajstić information content (AvgIpc) is 3.32. The normalized spacial score (nSPS) is 17.6. The van der Waals surface area contributed by atoms with Crippen LogP contribution in [-0.4, -0.2) is 34.7 Å². The van der Waals surface area contributed by atoms with Crippen molar-refractivity contribution in [2.75, 3.05) is 13.1 Å². The van der Waals surface area contributed by atoms with Gasteiger partial charge in [0, 0.05) is 31.6 Å². The van der Waals surface area contributed by atoms with Crippen molar-refractivity contribution in [3.8, 4) is 0 Å². The van der Waals surface area contributed by atoms with E-state index in [2.05, 4.69) is 36.4 Å². The van der Waals surface area contributed by atoms with Crippen molar-refractivity contribution in [1.82, 2.24) is 9.80 Å². The van der Waals surface area contributed by atoms with Crippen molar-refractivity contribution < 1.29 is 18.4 Å². The second-order valence-corrected chi connectivity index (χ2v) is 9.90. The first-order valence-electron chi connectivity index (χ1n) is 12.6. The van der Waals surface area contributed by atoms with Gasteiger partial charge in [0.05, 0.1) is 11.6 Å². The van der Waals surface area contributed by atoms with Gasteiger partial charge in [0.2, 0.25) is 5.91 Å². The standard InChI is InChI=1S/C30H30F2N2O2/c1-20-6-8-21(9-7-20)19-34(28-13-10-22-4-2-3-5-25(22)28)29(35)23-14-16-33(17-15-23)30(36)26-12-11-24(31)18-27(26)32/h2-9,11-12,18,23,28H,10,13-17,19H2,1H3. The van der Waals surface area contributed by atoms with Gasteiger partial charge in [0.15, 0.2) is 0 Å². The molecule has 0 saturated carbocycles. The third-order valence-corrected chi connectivity index (χ3v) is 7.53. The summed E-state index contributed by atoms with van der Waals surface area (Å²) in [5.74, 6) is -2.12. The van der Waals surface area contributed by atoms with Gasteiger partial charge in [0.25, 0.3) is 5.91 Å². The van der Waals surface area contributed by atoms with Crippen LogP contribution >= 0.6 is 0 Å². The Bertz CT molecular complexity index is 1270. The molecule has 0 radical (unpaired) electrons. The smallest absolute Gasteiger partial charge is 0.256 e. The number of fused-ring (bicyclic) bond motifs is 1. The minimum Gasteiger partial charge on any atom is -0.339 e. The van der Waals surface area contributed by atoms with Gasteiger partial charge in [-0.15, -0.1) is 0 Å². The Kier molecular flexibility index (Phi) is 6.86. The molecule has 1 aliphatic carbocycles. The van der Waals surface area contributed by atoms with Crippen LogP contribution in [0, 0.1) is 24.5 Å². The molecule has 0 bridgehead atoms. The molecule has 1 saturated heterocycles. The topological polar surface area (TPSA) is 40.6 Å². The minimum absolute atomic E-state index is 0.0305. The third kappa shape index (κ3) is 4.90. The second kappa shape index (κ2) is 10.2. The van der Waals surface area contributed by atoms with Crippen molar-refractivity contribution in [2.24, 2.45) is 5.92 Å². The Balaban J connectivity index is 1.32. The van der Waals surface area contributed by atoms with E-state index in [1.807, 2.05) is 24.0 Å². The fourth-order valence-corrected chi connectivity index (χ4v) is 5.49. The minimum atomic E-state index is -0.859. The lowest BCUT2D eigenvalue weighted by molar-refractivity contribution is -0.140. The summed E-state index contributed by atoms with van der Waals surface area (Å²) in [6, 6.07) is 19.7. The lowest BCUT2D eigenvalue weighted by Gasteiger charge is -2.37. The van der Waals surface area contributed by atoms with E-state index < -0.39 is 17.5 Å². The van der Waals surface area contributed by atoms with E-state index in [9.17, 15) is 18.4 Å². The summed E-state index contributed by atoms with van der Waals surface area (Å²) in [4.78, 5) is 30.3. The number of hydrogen-bond donors (Lipinski definition) is 0. The molecule has 5 rings (SSSR count). The summed E-state index contributed by atoms with van der Waals surface area (Å²) in [5.41, 5.74) is 4.66. The molecule has 2 aliphatic rings. The molecule has 0 spiro atoms. The Hall–Kier alpha value is -3.54. The van der Waals surface area contributed by atoms with E-state index in [0.29, 0.717) is 32.5 Å². The number of carbonyl (C=O) groups is 2. The van der Waals surface area contributed by atoms with Gasteiger partial charge in [-0.05, 0) is 61.4 Å². The molecule has 0 N–H and O–H groups in total. The van der Waals surface area contributed by atoms with Crippen molar-refractivity contribution in [3.63, 3.8) is 0 Å². The monoisotopic (exact) mass is 488 g/mol. The molecular weight excluding hydrogens is 458 g/mol. The number of benzene rings is 3. The van der Waals surface area contributed by atoms with Crippen molar-refractivity contribution >= 4 is 11.8 Å². The Morgan fingerprint density at radius 1 is 0.944 bits per heavy atom. The fourth-order valence-electron chi connectivity index (χ4n) is 5.49. The van der Waals surface area contributed by atoms with Crippen LogP contribution in [0.2, 0.25) is 0 Å². The van der Waals surface area contributed by atoms with Gasteiger partial charge >= 0.3 is 0 Å². The molecule has 0 aromatic heterocycles. The highest BCUT2D eigenvalue weighted by Gasteiger charge is 2.36. The van der Waals surface area contributed by atoms with E-state index >= 15 is 0 Å². The van der Waals surface area contributed by atoms with E-state index in [-0.39, 0.29) is 23.4 Å². The summed E-state index contributed by atoms with van der Waals surface area (Å²) in [5, 5.41) is 0. The highest BCUT2D eigenvalue weighted by molar-refractivity contribution is 5.94. The first-order chi connectivity index (χ1) is 17.4. The summed E-state index contributed by atoms with van der Waals surface area (Å²) in [7, 11) is 0. The number of nitrogens with zero attached hydrogens (tertiary/aromatic N) is 2. The number of aryl methyl sites for hydroxylation is 2. The van der Waals surface area contributed by atoms with Crippen LogP contribution in [0.15, 0.2) is 66.7 Å². The predicted octanol–water partition coefficient (Wildman–Crippen LogP) is 5.84. The van der Waals surface area contributed by atoms with Gasteiger partial charge in [-0.2, -0.15) is 0 Å². The van der Waals surface area contributed by atoms with E-state index in [1.165, 1.54) is 22.8 Å². The first kappa shape index (κ1) is 24.2. The molecule has 3 aromatic carbocycles. The zero-order valence-electron chi connectivity index (χ0n) is 20.4. The number of likely N-dealkylation sites (tertiary alicyclic amines) is 1. The maximum atomic E-state index is 14.1. The molecule has 36 heavy (non-hydrogen) atoms. The lowest BCUT2D eigenvalue weighted by Crippen LogP contribution is -2.45. The van der Waals surface area contributed by atoms with Crippen LogP contribution in [0.5, 0.6) is 0 Å². The van der Waals surface area contributed by atoms with Gasteiger partial charge in [-0.1, -0.05) is 54.1 Å². The summed E-state index contributed by atoms with van der Waals surface area (Å²) in [6.45, 7) is 3.32. The van der Waals surface area contributed by atoms with Crippen LogP contribution in [-0.2, 0) is 17.8 Å². The SMILES string of the molecule is Cc1ccc(CN(C(=O)C2CCN(C(=O)c3ccc(F)cc3F)CC2)C2CCc3ccccc32)cc1. The number of rotatable bonds is 5. The molecule has 1 atom stereocenters. The zero-order valence-corrected chi connectivity index (χ0v) is 20.4. The maximum absolute atomic E-state index is 14.1. The zero-order chi connectivity index (χ0) is 25.2. The van der Waals surface area contributed by atoms with E-state index in [0.717, 1.165) is 30.5 Å². The predicted molar refractivity (Wildman–Crippen MR) is 134 cm³/mol. The summed E-state index contributed by atoms with van der Waals surface area (Å²) < 4.78 is 27.4. The third-order valence-electron chi connectivity index (χ3n) is 7.53. The summed E-state index contributed by atoms with van der Waals surface area (Å²) in [6.07, 6.45) is 2.89. The maximum Gasteiger partial charge on any atom is 0.256 e. The Morgan fingerprint density at radius 3 is 2.39 bits per heavy atom. The average molecular weight is 489 g/mol. The number of carbonyl (C=O) groups excluding carboxylic acids is 2. The molecule has 1 aliphatic heterocycles. The van der Waals surface area contributed by atoms with Crippen LogP contribution in [0.25, 0.3) is 0 Å². The molecule has 6 heteroatoms. The van der Waals surface area contributed by atoms with E-state index in [1.54, 1.807) is 4.90 Å². The van der Waals surface area contributed by atoms with Crippen molar-refractivity contribution in [3.05, 3.63) is 106 Å². The van der Waals surface area contributed by atoms with Gasteiger partial charge in [0.1, 0.15) is 11.6 Å². The second-order valence-electron chi connectivity index (χ2n) is 9.90. The van der Waals surface area contributed by atoms with Crippen molar-refractivity contribution in [2.45, 2.75) is 45.2 Å². The van der Waals surface area contributed by atoms with Gasteiger partial charge < -0.3 is 9.80 Å². The van der Waals surface area contributed by atoms with Crippen molar-refractivity contribution in [1.29, 1.82) is 0 Å². The molecule has 1 unspecified atom stereocenters. The molecule has 1 heterocycles. The van der Waals surface area contributed by atoms with E-state index in [4.69, 9.17) is 0 Å². The highest BCUT2D eigenvalue weighted by atomic mass is 19.1. The van der Waals surface area contributed by atoms with Crippen LogP contribution in [0.3, 0.4) is 0 Å². The highest BCUT2D eigenvalue weighted by Crippen LogP contribution is 2.38. The molecule has 2 amide bonds. The Labute approximate surface area is 210 Å². The molecule has 3 aromatic rings. The fraction of sp³-hybridized carbons (Fsp3) is 0.333. The number of amides is 2. The van der Waals surface area contributed by atoms with Gasteiger partial charge in [-0.25, -0.2) is 8.78 Å².